The fourth-order valence-corrected chi connectivity index (χ4v) is 3.45. The highest BCUT2D eigenvalue weighted by atomic mass is 16.4. The Morgan fingerprint density at radius 2 is 1.09 bits per heavy atom. The van der Waals surface area contributed by atoms with Crippen molar-refractivity contribution in [3.8, 4) is 0 Å². The first-order valence-electron chi connectivity index (χ1n) is 8.98. The Kier molecular flexibility index (Phi) is 9.57. The molecule has 5 heteroatoms. The van der Waals surface area contributed by atoms with E-state index in [0.29, 0.717) is 12.8 Å². The van der Waals surface area contributed by atoms with Gasteiger partial charge in [0.25, 0.3) is 0 Å². The second-order valence-corrected chi connectivity index (χ2v) is 6.71. The first kappa shape index (κ1) is 19.7. The average Bonchev–Trinajstić information content (AvgIpc) is 2.48. The average molecular weight is 326 g/mol. The standard InChI is InChI=1S/C18H30O5/c19-16(20)12-10-14-8-6-4-2-1-3-5-7-9-15(18(14)23)11-13-17(21)22/h14-15H,1-13H2,(H,19,20)(H,21,22). The van der Waals surface area contributed by atoms with Gasteiger partial charge in [0.1, 0.15) is 5.78 Å². The third-order valence-electron chi connectivity index (χ3n) is 4.82. The number of Topliss-reactive ketones (excluding diaryl/α,β-unsaturated/α-hetero) is 1. The maximum atomic E-state index is 12.8. The Bertz CT molecular complexity index is 357. The van der Waals surface area contributed by atoms with Crippen LogP contribution in [0, 0.1) is 11.8 Å². The highest BCUT2D eigenvalue weighted by Crippen LogP contribution is 2.27. The lowest BCUT2D eigenvalue weighted by Crippen LogP contribution is -2.25. The van der Waals surface area contributed by atoms with Gasteiger partial charge in [0.05, 0.1) is 0 Å². The van der Waals surface area contributed by atoms with Crippen molar-refractivity contribution in [1.82, 2.24) is 0 Å². The van der Waals surface area contributed by atoms with Crippen molar-refractivity contribution >= 4 is 17.7 Å². The second kappa shape index (κ2) is 11.2. The van der Waals surface area contributed by atoms with Gasteiger partial charge in [-0.05, 0) is 25.7 Å². The Morgan fingerprint density at radius 1 is 0.739 bits per heavy atom. The summed E-state index contributed by atoms with van der Waals surface area (Å²) in [5.41, 5.74) is 0. The third-order valence-corrected chi connectivity index (χ3v) is 4.82. The number of carbonyl (C=O) groups excluding carboxylic acids is 1. The van der Waals surface area contributed by atoms with Gasteiger partial charge in [-0.2, -0.15) is 0 Å². The maximum Gasteiger partial charge on any atom is 0.303 e. The van der Waals surface area contributed by atoms with E-state index in [2.05, 4.69) is 0 Å². The number of ketones is 1. The molecule has 0 aromatic rings. The predicted octanol–water partition coefficient (Wildman–Crippen LogP) is 4.04. The van der Waals surface area contributed by atoms with Gasteiger partial charge in [-0.15, -0.1) is 0 Å². The topological polar surface area (TPSA) is 91.7 Å². The molecular weight excluding hydrogens is 296 g/mol. The minimum atomic E-state index is -0.869. The zero-order chi connectivity index (χ0) is 17.1. The molecule has 2 unspecified atom stereocenters. The molecule has 0 aliphatic heterocycles. The summed E-state index contributed by atoms with van der Waals surface area (Å²) >= 11 is 0. The van der Waals surface area contributed by atoms with E-state index in [-0.39, 0.29) is 30.5 Å². The van der Waals surface area contributed by atoms with Crippen LogP contribution in [-0.2, 0) is 14.4 Å². The third kappa shape index (κ3) is 8.72. The Hall–Kier alpha value is -1.39. The highest BCUT2D eigenvalue weighted by molar-refractivity contribution is 5.84. The summed E-state index contributed by atoms with van der Waals surface area (Å²) in [6, 6.07) is 0. The lowest BCUT2D eigenvalue weighted by atomic mass is 9.81. The van der Waals surface area contributed by atoms with Gasteiger partial charge in [0, 0.05) is 24.7 Å². The van der Waals surface area contributed by atoms with Crippen molar-refractivity contribution in [2.24, 2.45) is 11.8 Å². The zero-order valence-corrected chi connectivity index (χ0v) is 14.0. The molecule has 0 aromatic carbocycles. The van der Waals surface area contributed by atoms with Gasteiger partial charge >= 0.3 is 11.9 Å². The molecule has 0 heterocycles. The summed E-state index contributed by atoms with van der Waals surface area (Å²) in [5, 5.41) is 17.8. The quantitative estimate of drug-likeness (QED) is 0.768. The molecule has 132 valence electrons. The summed E-state index contributed by atoms with van der Waals surface area (Å²) < 4.78 is 0. The van der Waals surface area contributed by atoms with Crippen LogP contribution in [0.15, 0.2) is 0 Å². The minimum Gasteiger partial charge on any atom is -0.481 e. The molecule has 0 amide bonds. The zero-order valence-electron chi connectivity index (χ0n) is 14.0. The van der Waals surface area contributed by atoms with E-state index < -0.39 is 11.9 Å². The largest absolute Gasteiger partial charge is 0.481 e. The molecule has 1 saturated carbocycles. The van der Waals surface area contributed by atoms with Crippen molar-refractivity contribution in [2.45, 2.75) is 83.5 Å². The monoisotopic (exact) mass is 326 g/mol. The fourth-order valence-electron chi connectivity index (χ4n) is 3.45. The Morgan fingerprint density at radius 3 is 1.43 bits per heavy atom. The number of hydrogen-bond acceptors (Lipinski definition) is 3. The minimum absolute atomic E-state index is 0.0159. The van der Waals surface area contributed by atoms with Crippen molar-refractivity contribution in [3.05, 3.63) is 0 Å². The summed E-state index contributed by atoms with van der Waals surface area (Å²) in [6.07, 6.45) is 9.99. The van der Waals surface area contributed by atoms with Crippen LogP contribution >= 0.6 is 0 Å². The van der Waals surface area contributed by atoms with Gasteiger partial charge in [-0.25, -0.2) is 0 Å². The molecular formula is C18H30O5. The normalized spacial score (nSPS) is 24.4. The van der Waals surface area contributed by atoms with Crippen LogP contribution in [0.2, 0.25) is 0 Å². The molecule has 0 aromatic heterocycles. The second-order valence-electron chi connectivity index (χ2n) is 6.71. The first-order chi connectivity index (χ1) is 11.0. The number of carboxylic acids is 2. The predicted molar refractivity (Wildman–Crippen MR) is 87.3 cm³/mol. The SMILES string of the molecule is O=C(O)CCC1CCCCCCCCCC(CCC(=O)O)C1=O. The smallest absolute Gasteiger partial charge is 0.303 e. The number of rotatable bonds is 6. The molecule has 1 aliphatic rings. The summed E-state index contributed by atoms with van der Waals surface area (Å²) in [4.78, 5) is 34.5. The lowest BCUT2D eigenvalue weighted by Gasteiger charge is -2.23. The number of carbonyl (C=O) groups is 3. The van der Waals surface area contributed by atoms with Gasteiger partial charge in [0.15, 0.2) is 0 Å². The van der Waals surface area contributed by atoms with E-state index in [1.54, 1.807) is 0 Å². The first-order valence-corrected chi connectivity index (χ1v) is 8.98. The van der Waals surface area contributed by atoms with E-state index in [4.69, 9.17) is 10.2 Å². The van der Waals surface area contributed by atoms with Gasteiger partial charge in [-0.1, -0.05) is 44.9 Å². The van der Waals surface area contributed by atoms with Gasteiger partial charge in [-0.3, -0.25) is 14.4 Å². The summed E-state index contributed by atoms with van der Waals surface area (Å²) in [5.74, 6) is -2.07. The van der Waals surface area contributed by atoms with Gasteiger partial charge < -0.3 is 10.2 Å². The van der Waals surface area contributed by atoms with Crippen LogP contribution in [0.1, 0.15) is 83.5 Å². The number of hydrogen-bond donors (Lipinski definition) is 2. The van der Waals surface area contributed by atoms with E-state index in [0.717, 1.165) is 38.5 Å². The molecule has 0 saturated heterocycles. The van der Waals surface area contributed by atoms with E-state index in [9.17, 15) is 14.4 Å². The van der Waals surface area contributed by atoms with Crippen molar-refractivity contribution < 1.29 is 24.6 Å². The van der Waals surface area contributed by atoms with E-state index in [1.165, 1.54) is 19.3 Å². The summed E-state index contributed by atoms with van der Waals surface area (Å²) in [7, 11) is 0. The van der Waals surface area contributed by atoms with Crippen LogP contribution in [0.3, 0.4) is 0 Å². The van der Waals surface area contributed by atoms with E-state index in [1.807, 2.05) is 0 Å². The van der Waals surface area contributed by atoms with Crippen LogP contribution in [0.25, 0.3) is 0 Å². The number of aliphatic carboxylic acids is 2. The van der Waals surface area contributed by atoms with Gasteiger partial charge in [0.2, 0.25) is 0 Å². The Balaban J connectivity index is 2.72. The molecule has 1 fully saturated rings. The summed E-state index contributed by atoms with van der Waals surface area (Å²) in [6.45, 7) is 0. The van der Waals surface area contributed by atoms with Crippen LogP contribution < -0.4 is 0 Å². The molecule has 0 spiro atoms. The highest BCUT2D eigenvalue weighted by Gasteiger charge is 2.27. The molecule has 1 rings (SSSR count). The fraction of sp³-hybridized carbons (Fsp3) is 0.833. The molecule has 5 nitrogen and oxygen atoms in total. The lowest BCUT2D eigenvalue weighted by molar-refractivity contribution is -0.138. The van der Waals surface area contributed by atoms with Crippen molar-refractivity contribution in [2.75, 3.05) is 0 Å². The van der Waals surface area contributed by atoms with Crippen LogP contribution in [0.4, 0.5) is 0 Å². The van der Waals surface area contributed by atoms with Crippen molar-refractivity contribution in [1.29, 1.82) is 0 Å². The molecule has 23 heavy (non-hydrogen) atoms. The molecule has 0 bridgehead atoms. The van der Waals surface area contributed by atoms with E-state index >= 15 is 0 Å². The van der Waals surface area contributed by atoms with Crippen LogP contribution in [0.5, 0.6) is 0 Å². The van der Waals surface area contributed by atoms with Crippen LogP contribution in [-0.4, -0.2) is 27.9 Å². The molecule has 1 aliphatic carbocycles. The van der Waals surface area contributed by atoms with Crippen molar-refractivity contribution in [3.63, 3.8) is 0 Å². The Labute approximate surface area is 138 Å². The molecule has 2 N–H and O–H groups in total. The number of carboxylic acid groups (broad SMARTS) is 2. The molecule has 0 radical (unpaired) electrons. The molecule has 2 atom stereocenters. The maximum absolute atomic E-state index is 12.8.